The van der Waals surface area contributed by atoms with Crippen LogP contribution >= 0.6 is 0 Å². The summed E-state index contributed by atoms with van der Waals surface area (Å²) in [6.45, 7) is 2.43. The smallest absolute Gasteiger partial charge is 0.411 e. The summed E-state index contributed by atoms with van der Waals surface area (Å²) in [5.74, 6) is -5.11. The Morgan fingerprint density at radius 2 is 1.81 bits per heavy atom. The first kappa shape index (κ1) is 34.0. The summed E-state index contributed by atoms with van der Waals surface area (Å²) in [6, 6.07) is 0.943. The number of hydrogen-bond acceptors (Lipinski definition) is 8. The molecule has 0 spiro atoms. The Morgan fingerprint density at radius 3 is 2.45 bits per heavy atom. The molecule has 3 atom stereocenters. The van der Waals surface area contributed by atoms with E-state index in [1.807, 2.05) is 0 Å². The summed E-state index contributed by atoms with van der Waals surface area (Å²) in [4.78, 5) is 44.3. The van der Waals surface area contributed by atoms with Crippen molar-refractivity contribution in [2.24, 2.45) is 7.05 Å². The van der Waals surface area contributed by atoms with Gasteiger partial charge in [0.25, 0.3) is 11.5 Å². The Morgan fingerprint density at radius 1 is 1.15 bits per heavy atom. The molecule has 3 aromatic rings. The fraction of sp³-hybridized carbons (Fsp3) is 0.438. The largest absolute Gasteiger partial charge is 0.467 e. The molecule has 2 aliphatic rings. The highest BCUT2D eigenvalue weighted by atomic mass is 19.4. The number of nitrogens with zero attached hydrogens (tertiary/aromatic N) is 3. The van der Waals surface area contributed by atoms with Crippen LogP contribution in [0.2, 0.25) is 0 Å². The maximum Gasteiger partial charge on any atom is 0.411 e. The minimum Gasteiger partial charge on any atom is -0.467 e. The van der Waals surface area contributed by atoms with Gasteiger partial charge in [-0.15, -0.1) is 0 Å². The number of ether oxygens (including phenoxy) is 2. The fourth-order valence-corrected chi connectivity index (χ4v) is 6.12. The van der Waals surface area contributed by atoms with Crippen LogP contribution in [0.25, 0.3) is 11.3 Å². The van der Waals surface area contributed by atoms with E-state index in [0.29, 0.717) is 45.8 Å². The summed E-state index contributed by atoms with van der Waals surface area (Å²) in [5, 5.41) is 12.9. The second-order valence-corrected chi connectivity index (χ2v) is 11.7. The third-order valence-electron chi connectivity index (χ3n) is 8.78. The van der Waals surface area contributed by atoms with Crippen LogP contribution in [0.5, 0.6) is 0 Å². The summed E-state index contributed by atoms with van der Waals surface area (Å²) in [7, 11) is 2.69. The van der Waals surface area contributed by atoms with E-state index in [2.05, 4.69) is 10.3 Å². The van der Waals surface area contributed by atoms with Gasteiger partial charge in [-0.05, 0) is 55.5 Å². The van der Waals surface area contributed by atoms with Gasteiger partial charge in [-0.3, -0.25) is 9.59 Å². The van der Waals surface area contributed by atoms with Gasteiger partial charge in [0.15, 0.2) is 0 Å². The molecule has 1 fully saturated rings. The molecule has 1 aliphatic heterocycles. The zero-order valence-electron chi connectivity index (χ0n) is 26.0. The first-order chi connectivity index (χ1) is 22.1. The van der Waals surface area contributed by atoms with Gasteiger partial charge in [-0.25, -0.2) is 18.6 Å². The van der Waals surface area contributed by atoms with E-state index < -0.39 is 65.7 Å². The molecule has 1 aromatic heterocycles. The van der Waals surface area contributed by atoms with Crippen LogP contribution in [-0.4, -0.2) is 77.8 Å². The molecule has 1 amide bonds. The second-order valence-electron chi connectivity index (χ2n) is 11.7. The Hall–Kier alpha value is -4.37. The molecule has 5 rings (SSSR count). The number of halogens is 5. The molecule has 47 heavy (non-hydrogen) atoms. The van der Waals surface area contributed by atoms with Crippen LogP contribution in [0.3, 0.4) is 0 Å². The monoisotopic (exact) mass is 664 g/mol. The molecule has 2 N–H and O–H groups in total. The molecule has 1 saturated heterocycles. The quantitative estimate of drug-likeness (QED) is 0.292. The Kier molecular flexibility index (Phi) is 9.42. The van der Waals surface area contributed by atoms with E-state index in [-0.39, 0.29) is 43.7 Å². The second kappa shape index (κ2) is 13.0. The minimum atomic E-state index is -4.74. The number of anilines is 1. The predicted molar refractivity (Wildman–Crippen MR) is 159 cm³/mol. The maximum atomic E-state index is 15.2. The molecule has 0 bridgehead atoms. The van der Waals surface area contributed by atoms with Crippen molar-refractivity contribution in [3.63, 3.8) is 0 Å². The third-order valence-corrected chi connectivity index (χ3v) is 8.78. The highest BCUT2D eigenvalue weighted by molar-refractivity contribution is 5.97. The lowest BCUT2D eigenvalue weighted by Crippen LogP contribution is -2.53. The maximum absolute atomic E-state index is 15.2. The number of methoxy groups -OCH3 is 1. The number of aromatic nitrogens is 2. The van der Waals surface area contributed by atoms with Gasteiger partial charge in [-0.2, -0.15) is 13.2 Å². The number of aliphatic hydroxyl groups is 1. The van der Waals surface area contributed by atoms with Crippen molar-refractivity contribution in [1.29, 1.82) is 0 Å². The van der Waals surface area contributed by atoms with E-state index in [9.17, 15) is 32.7 Å². The molecule has 252 valence electrons. The van der Waals surface area contributed by atoms with E-state index in [0.717, 1.165) is 12.0 Å². The first-order valence-corrected chi connectivity index (χ1v) is 14.8. The van der Waals surface area contributed by atoms with Gasteiger partial charge in [-0.1, -0.05) is 12.1 Å². The van der Waals surface area contributed by atoms with Crippen molar-refractivity contribution in [3.8, 4) is 11.3 Å². The number of hydrogen-bond donors (Lipinski definition) is 2. The molecule has 0 unspecified atom stereocenters. The van der Waals surface area contributed by atoms with E-state index in [4.69, 9.17) is 9.47 Å². The lowest BCUT2D eigenvalue weighted by Gasteiger charge is -2.38. The Labute approximate surface area is 266 Å². The van der Waals surface area contributed by atoms with Crippen LogP contribution < -0.4 is 15.8 Å². The van der Waals surface area contributed by atoms with Gasteiger partial charge in [0, 0.05) is 37.0 Å². The van der Waals surface area contributed by atoms with Crippen molar-refractivity contribution in [1.82, 2.24) is 14.9 Å². The highest BCUT2D eigenvalue weighted by Crippen LogP contribution is 2.35. The molecule has 0 radical (unpaired) electrons. The van der Waals surface area contributed by atoms with Crippen molar-refractivity contribution < 1.29 is 46.1 Å². The molecule has 2 aromatic carbocycles. The van der Waals surface area contributed by atoms with Gasteiger partial charge >= 0.3 is 12.1 Å². The number of esters is 1. The number of aliphatic hydroxyl groups excluding tert-OH is 1. The standard InChI is InChI=1S/C32H33F5N4O6/c1-15-16(2)40(3)30(44)28(38-15)20-6-5-17(21-12-19(42)13-22(20)21)9-25(31(45)46-4)39-29(43)27-23(33)10-18(11-24(27)34)41-7-8-47-14-26(41)32(35,36)37/h5-6,10-11,19,25-26,42H,7-9,12-14H2,1-4H3,(H,39,43)/t19-,25+,26-/m1/s1. The average molecular weight is 665 g/mol. The molecule has 15 heteroatoms. The number of alkyl halides is 3. The van der Waals surface area contributed by atoms with Crippen LogP contribution in [0.4, 0.5) is 27.6 Å². The Bertz CT molecular complexity index is 1770. The molecular formula is C32H33F5N4O6. The number of carbonyl (C=O) groups excluding carboxylic acids is 2. The van der Waals surface area contributed by atoms with Crippen molar-refractivity contribution >= 4 is 17.6 Å². The van der Waals surface area contributed by atoms with Gasteiger partial charge in [0.05, 0.1) is 32.1 Å². The zero-order chi connectivity index (χ0) is 34.4. The third kappa shape index (κ3) is 6.59. The summed E-state index contributed by atoms with van der Waals surface area (Å²) in [6.07, 6.45) is -5.36. The van der Waals surface area contributed by atoms with E-state index >= 15 is 8.78 Å². The van der Waals surface area contributed by atoms with Gasteiger partial charge < -0.3 is 29.4 Å². The number of nitrogens with one attached hydrogen (secondary N) is 1. The van der Waals surface area contributed by atoms with E-state index in [1.54, 1.807) is 33.0 Å². The van der Waals surface area contributed by atoms with Crippen LogP contribution in [-0.2, 0) is 40.6 Å². The summed E-state index contributed by atoms with van der Waals surface area (Å²) < 4.78 is 82.3. The number of rotatable bonds is 7. The number of fused-ring (bicyclic) bond motifs is 1. The number of morpholine rings is 1. The molecule has 0 saturated carbocycles. The summed E-state index contributed by atoms with van der Waals surface area (Å²) in [5.41, 5.74) is 1.99. The average Bonchev–Trinajstić information content (AvgIpc) is 3.42. The zero-order valence-corrected chi connectivity index (χ0v) is 26.0. The van der Waals surface area contributed by atoms with Crippen molar-refractivity contribution in [2.75, 3.05) is 31.8 Å². The van der Waals surface area contributed by atoms with Crippen LogP contribution in [0.15, 0.2) is 29.1 Å². The lowest BCUT2D eigenvalue weighted by atomic mass is 9.92. The number of amides is 1. The van der Waals surface area contributed by atoms with E-state index in [1.165, 1.54) is 4.57 Å². The van der Waals surface area contributed by atoms with Gasteiger partial charge in [0.2, 0.25) is 0 Å². The molecule has 10 nitrogen and oxygen atoms in total. The van der Waals surface area contributed by atoms with Crippen LogP contribution in [0, 0.1) is 25.5 Å². The predicted octanol–water partition coefficient (Wildman–Crippen LogP) is 3.08. The Balaban J connectivity index is 1.45. The van der Waals surface area contributed by atoms with Crippen molar-refractivity contribution in [3.05, 3.63) is 79.9 Å². The van der Waals surface area contributed by atoms with Gasteiger partial charge in [0.1, 0.15) is 35.0 Å². The molecule has 2 heterocycles. The minimum absolute atomic E-state index is 0.0988. The fourth-order valence-electron chi connectivity index (χ4n) is 6.12. The molecular weight excluding hydrogens is 631 g/mol. The normalized spacial score (nSPS) is 18.6. The SMILES string of the molecule is COC(=O)[C@H](Cc1ccc(-c2nc(C)c(C)n(C)c2=O)c2c1C[C@@H](O)C2)NC(=O)c1c(F)cc(N2CCOC[C@@H]2C(F)(F)F)cc1F. The number of carbonyl (C=O) groups is 2. The molecule has 1 aliphatic carbocycles. The van der Waals surface area contributed by atoms with Crippen LogP contribution in [0.1, 0.15) is 38.4 Å². The number of benzene rings is 2. The highest BCUT2D eigenvalue weighted by Gasteiger charge is 2.46. The lowest BCUT2D eigenvalue weighted by molar-refractivity contribution is -0.167. The number of aryl methyl sites for hydroxylation is 1. The van der Waals surface area contributed by atoms with Crippen molar-refractivity contribution in [2.45, 2.75) is 57.5 Å². The summed E-state index contributed by atoms with van der Waals surface area (Å²) >= 11 is 0. The topological polar surface area (TPSA) is 123 Å². The first-order valence-electron chi connectivity index (χ1n) is 14.8.